The van der Waals surface area contributed by atoms with E-state index in [4.69, 9.17) is 0 Å². The molecule has 1 fully saturated rings. The van der Waals surface area contributed by atoms with Crippen LogP contribution in [0.25, 0.3) is 5.69 Å². The molecule has 0 unspecified atom stereocenters. The number of nitrogens with zero attached hydrogens (tertiary/aromatic N) is 7. The first-order chi connectivity index (χ1) is 13.3. The summed E-state index contributed by atoms with van der Waals surface area (Å²) < 4.78 is 1.52. The molecule has 1 saturated heterocycles. The average molecular weight is 363 g/mol. The fourth-order valence-corrected chi connectivity index (χ4v) is 3.29. The number of rotatable bonds is 5. The molecule has 27 heavy (non-hydrogen) atoms. The Morgan fingerprint density at radius 2 is 1.81 bits per heavy atom. The average Bonchev–Trinajstić information content (AvgIpc) is 3.28. The molecule has 0 atom stereocenters. The number of pyridine rings is 1. The number of carbonyl (C=O) groups is 1. The third kappa shape index (κ3) is 4.01. The zero-order valence-corrected chi connectivity index (χ0v) is 15.0. The van der Waals surface area contributed by atoms with Crippen molar-refractivity contribution in [2.24, 2.45) is 0 Å². The molecule has 2 aromatic heterocycles. The summed E-state index contributed by atoms with van der Waals surface area (Å²) in [4.78, 5) is 21.7. The van der Waals surface area contributed by atoms with E-state index in [9.17, 15) is 4.79 Å². The van der Waals surface area contributed by atoms with E-state index >= 15 is 0 Å². The first-order valence-corrected chi connectivity index (χ1v) is 9.05. The standard InChI is InChI=1S/C19H21N7O/c27-19(17-6-1-2-7-18(17)26-15-21-22-23-26)25-13-11-24(12-14-25)10-8-16-5-3-4-9-20-16/h1-7,9,15H,8,10-14H2. The minimum absolute atomic E-state index is 0.0190. The van der Waals surface area contributed by atoms with Gasteiger partial charge in [-0.05, 0) is 34.7 Å². The molecule has 4 rings (SSSR count). The fourth-order valence-electron chi connectivity index (χ4n) is 3.29. The Kier molecular flexibility index (Phi) is 5.15. The number of hydrogen-bond donors (Lipinski definition) is 0. The van der Waals surface area contributed by atoms with Gasteiger partial charge in [0.05, 0.1) is 11.3 Å². The summed E-state index contributed by atoms with van der Waals surface area (Å²) in [5.74, 6) is 0.0190. The Bertz CT molecular complexity index is 874. The van der Waals surface area contributed by atoms with Crippen LogP contribution in [0.5, 0.6) is 0 Å². The predicted octanol–water partition coefficient (Wildman–Crippen LogP) is 1.06. The van der Waals surface area contributed by atoms with Gasteiger partial charge >= 0.3 is 0 Å². The molecule has 0 saturated carbocycles. The van der Waals surface area contributed by atoms with Gasteiger partial charge in [-0.25, -0.2) is 0 Å². The second-order valence-electron chi connectivity index (χ2n) is 6.48. The Labute approximate surface area is 157 Å². The number of aromatic nitrogens is 5. The third-order valence-electron chi connectivity index (χ3n) is 4.80. The summed E-state index contributed by atoms with van der Waals surface area (Å²) in [6, 6.07) is 13.4. The SMILES string of the molecule is O=C(c1ccccc1-n1cnnn1)N1CCN(CCc2ccccn2)CC1. The zero-order valence-electron chi connectivity index (χ0n) is 15.0. The van der Waals surface area contributed by atoms with Gasteiger partial charge < -0.3 is 4.90 Å². The van der Waals surface area contributed by atoms with Crippen LogP contribution < -0.4 is 0 Å². The molecule has 0 bridgehead atoms. The minimum atomic E-state index is 0.0190. The van der Waals surface area contributed by atoms with Gasteiger partial charge in [-0.15, -0.1) is 5.10 Å². The lowest BCUT2D eigenvalue weighted by Crippen LogP contribution is -2.49. The normalized spacial score (nSPS) is 15.0. The summed E-state index contributed by atoms with van der Waals surface area (Å²) in [5.41, 5.74) is 2.42. The monoisotopic (exact) mass is 363 g/mol. The summed E-state index contributed by atoms with van der Waals surface area (Å²) in [6.45, 7) is 4.12. The Hall–Kier alpha value is -3.13. The molecular formula is C19H21N7O. The van der Waals surface area contributed by atoms with Crippen LogP contribution in [-0.2, 0) is 6.42 Å². The van der Waals surface area contributed by atoms with Crippen LogP contribution in [0.4, 0.5) is 0 Å². The van der Waals surface area contributed by atoms with Gasteiger partial charge in [-0.2, -0.15) is 4.68 Å². The number of hydrogen-bond acceptors (Lipinski definition) is 6. The molecule has 0 spiro atoms. The van der Waals surface area contributed by atoms with Crippen molar-refractivity contribution in [1.29, 1.82) is 0 Å². The first-order valence-electron chi connectivity index (χ1n) is 9.05. The van der Waals surface area contributed by atoms with Crippen LogP contribution in [0.15, 0.2) is 55.0 Å². The largest absolute Gasteiger partial charge is 0.336 e. The molecular weight excluding hydrogens is 342 g/mol. The van der Waals surface area contributed by atoms with Gasteiger partial charge in [-0.1, -0.05) is 18.2 Å². The molecule has 1 aliphatic heterocycles. The maximum Gasteiger partial charge on any atom is 0.256 e. The van der Waals surface area contributed by atoms with E-state index in [0.717, 1.165) is 31.7 Å². The van der Waals surface area contributed by atoms with E-state index in [1.807, 2.05) is 47.5 Å². The van der Waals surface area contributed by atoms with Gasteiger partial charge in [0, 0.05) is 51.0 Å². The van der Waals surface area contributed by atoms with Gasteiger partial charge in [0.25, 0.3) is 5.91 Å². The fraction of sp³-hybridized carbons (Fsp3) is 0.316. The van der Waals surface area contributed by atoms with E-state index in [-0.39, 0.29) is 5.91 Å². The van der Waals surface area contributed by atoms with E-state index in [1.54, 1.807) is 0 Å². The van der Waals surface area contributed by atoms with Crippen molar-refractivity contribution in [3.63, 3.8) is 0 Å². The Morgan fingerprint density at radius 3 is 2.56 bits per heavy atom. The Morgan fingerprint density at radius 1 is 1.00 bits per heavy atom. The zero-order chi connectivity index (χ0) is 18.5. The third-order valence-corrected chi connectivity index (χ3v) is 4.80. The summed E-state index contributed by atoms with van der Waals surface area (Å²) in [7, 11) is 0. The summed E-state index contributed by atoms with van der Waals surface area (Å²) in [5, 5.41) is 11.2. The van der Waals surface area contributed by atoms with Gasteiger partial charge in [0.15, 0.2) is 0 Å². The molecule has 0 radical (unpaired) electrons. The van der Waals surface area contributed by atoms with Crippen molar-refractivity contribution >= 4 is 5.91 Å². The van der Waals surface area contributed by atoms with Crippen molar-refractivity contribution in [2.45, 2.75) is 6.42 Å². The molecule has 8 heteroatoms. The van der Waals surface area contributed by atoms with E-state index in [1.165, 1.54) is 11.0 Å². The van der Waals surface area contributed by atoms with E-state index < -0.39 is 0 Å². The summed E-state index contributed by atoms with van der Waals surface area (Å²) >= 11 is 0. The first kappa shape index (κ1) is 17.3. The lowest BCUT2D eigenvalue weighted by molar-refractivity contribution is 0.0638. The highest BCUT2D eigenvalue weighted by molar-refractivity contribution is 5.97. The highest BCUT2D eigenvalue weighted by Crippen LogP contribution is 2.16. The van der Waals surface area contributed by atoms with E-state index in [2.05, 4.69) is 31.5 Å². The molecule has 1 aliphatic rings. The second-order valence-corrected chi connectivity index (χ2v) is 6.48. The van der Waals surface area contributed by atoms with Crippen LogP contribution in [0.3, 0.4) is 0 Å². The molecule has 1 aromatic carbocycles. The number of piperazine rings is 1. The van der Waals surface area contributed by atoms with Crippen LogP contribution in [0, 0.1) is 0 Å². The second kappa shape index (κ2) is 8.05. The number of para-hydroxylation sites is 1. The van der Waals surface area contributed by atoms with Crippen LogP contribution in [-0.4, -0.2) is 73.6 Å². The van der Waals surface area contributed by atoms with Gasteiger partial charge in [0.1, 0.15) is 6.33 Å². The van der Waals surface area contributed by atoms with Crippen LogP contribution in [0.1, 0.15) is 16.1 Å². The topological polar surface area (TPSA) is 80.0 Å². The van der Waals surface area contributed by atoms with Crippen molar-refractivity contribution in [3.05, 3.63) is 66.2 Å². The van der Waals surface area contributed by atoms with Crippen molar-refractivity contribution < 1.29 is 4.79 Å². The quantitative estimate of drug-likeness (QED) is 0.674. The highest BCUT2D eigenvalue weighted by atomic mass is 16.2. The molecule has 0 aliphatic carbocycles. The smallest absolute Gasteiger partial charge is 0.256 e. The number of carbonyl (C=O) groups excluding carboxylic acids is 1. The van der Waals surface area contributed by atoms with Crippen LogP contribution in [0.2, 0.25) is 0 Å². The van der Waals surface area contributed by atoms with Crippen molar-refractivity contribution in [2.75, 3.05) is 32.7 Å². The maximum absolute atomic E-state index is 13.0. The van der Waals surface area contributed by atoms with Gasteiger partial charge in [0.2, 0.25) is 0 Å². The minimum Gasteiger partial charge on any atom is -0.336 e. The molecule has 0 N–H and O–H groups in total. The lowest BCUT2D eigenvalue weighted by Gasteiger charge is -2.35. The highest BCUT2D eigenvalue weighted by Gasteiger charge is 2.24. The van der Waals surface area contributed by atoms with Crippen molar-refractivity contribution in [1.82, 2.24) is 35.0 Å². The van der Waals surface area contributed by atoms with Crippen LogP contribution >= 0.6 is 0 Å². The number of benzene rings is 1. The molecule has 138 valence electrons. The molecule has 3 aromatic rings. The van der Waals surface area contributed by atoms with E-state index in [0.29, 0.717) is 24.3 Å². The lowest BCUT2D eigenvalue weighted by atomic mass is 10.1. The number of amides is 1. The molecule has 1 amide bonds. The maximum atomic E-state index is 13.0. The Balaban J connectivity index is 1.37. The summed E-state index contributed by atoms with van der Waals surface area (Å²) in [6.07, 6.45) is 4.26. The molecule has 8 nitrogen and oxygen atoms in total. The van der Waals surface area contributed by atoms with Gasteiger partial charge in [-0.3, -0.25) is 14.7 Å². The predicted molar refractivity (Wildman–Crippen MR) is 99.4 cm³/mol. The number of tetrazole rings is 1. The van der Waals surface area contributed by atoms with Crippen molar-refractivity contribution in [3.8, 4) is 5.69 Å². The molecule has 3 heterocycles.